The van der Waals surface area contributed by atoms with Crippen LogP contribution in [0.15, 0.2) is 42.7 Å². The average Bonchev–Trinajstić information content (AvgIpc) is 3.39. The molecule has 56 heavy (non-hydrogen) atoms. The van der Waals surface area contributed by atoms with Crippen LogP contribution in [-0.2, 0) is 27.8 Å². The van der Waals surface area contributed by atoms with Gasteiger partial charge in [-0.05, 0) is 89.6 Å². The molecule has 0 bridgehead atoms. The highest BCUT2D eigenvalue weighted by atomic mass is 35.5. The molecule has 0 spiro atoms. The highest BCUT2D eigenvalue weighted by Gasteiger charge is 2.43. The second-order valence-corrected chi connectivity index (χ2v) is 17.6. The molecule has 2 saturated heterocycles. The van der Waals surface area contributed by atoms with Crippen molar-refractivity contribution in [3.05, 3.63) is 76.2 Å². The van der Waals surface area contributed by atoms with E-state index in [4.69, 9.17) is 26.1 Å². The van der Waals surface area contributed by atoms with E-state index in [0.717, 1.165) is 67.2 Å². The summed E-state index contributed by atoms with van der Waals surface area (Å²) in [5.74, 6) is 0.168. The number of unbranched alkanes of at least 4 members (excludes halogenated alkanes) is 1. The number of anilines is 1. The molecule has 0 unspecified atom stereocenters. The first-order chi connectivity index (χ1) is 26.6. The zero-order valence-electron chi connectivity index (χ0n) is 34.0. The Labute approximate surface area is 336 Å². The van der Waals surface area contributed by atoms with Crippen molar-refractivity contribution in [3.8, 4) is 5.88 Å². The van der Waals surface area contributed by atoms with Gasteiger partial charge in [-0.2, -0.15) is 0 Å². The Morgan fingerprint density at radius 1 is 1.04 bits per heavy atom. The summed E-state index contributed by atoms with van der Waals surface area (Å²) in [6.45, 7) is 19.9. The summed E-state index contributed by atoms with van der Waals surface area (Å²) in [6, 6.07) is 10.4. The van der Waals surface area contributed by atoms with Crippen LogP contribution < -0.4 is 15.0 Å². The molecule has 3 aliphatic rings. The summed E-state index contributed by atoms with van der Waals surface area (Å²) in [6.07, 6.45) is 3.94. The van der Waals surface area contributed by atoms with Crippen LogP contribution in [0.5, 0.6) is 5.88 Å². The third kappa shape index (κ3) is 10.5. The lowest BCUT2D eigenvalue weighted by atomic mass is 9.90. The predicted molar refractivity (Wildman–Crippen MR) is 216 cm³/mol. The number of aryl methyl sites for hydroxylation is 1. The normalized spacial score (nSPS) is 21.6. The molecule has 3 aliphatic heterocycles. The van der Waals surface area contributed by atoms with Gasteiger partial charge in [0.1, 0.15) is 22.9 Å². The van der Waals surface area contributed by atoms with E-state index < -0.39 is 5.60 Å². The number of halogens is 2. The van der Waals surface area contributed by atoms with E-state index in [9.17, 15) is 14.0 Å². The van der Waals surface area contributed by atoms with Crippen molar-refractivity contribution < 1.29 is 23.5 Å². The second-order valence-electron chi connectivity index (χ2n) is 17.2. The Hall–Kier alpha value is -3.91. The highest BCUT2D eigenvalue weighted by Crippen LogP contribution is 2.41. The maximum absolute atomic E-state index is 14.6. The molecule has 2 aromatic heterocycles. The molecular weight excluding hydrogens is 735 g/mol. The number of nitrogens with zero attached hydrogens (tertiary/aromatic N) is 7. The van der Waals surface area contributed by atoms with Gasteiger partial charge in [-0.15, -0.1) is 0 Å². The summed E-state index contributed by atoms with van der Waals surface area (Å²) >= 11 is 5.98. The average molecular weight is 793 g/mol. The SMILES string of the molecule is C[C@@H]1CNCCN1C[C@H]1CN(C(=O)OC(C)(C)C)[C@H](C)CN1CC(=O)N1CC(C)(C)c2nc(CCCCOc3cc(Cl)ncn3)c(Cc3ccc(F)cc3)cc21. The van der Waals surface area contributed by atoms with Crippen LogP contribution in [0.2, 0.25) is 5.15 Å². The topological polar surface area (TPSA) is 116 Å². The lowest BCUT2D eigenvalue weighted by molar-refractivity contribution is -0.121. The molecule has 0 aliphatic carbocycles. The van der Waals surface area contributed by atoms with E-state index in [0.29, 0.717) is 56.2 Å². The number of rotatable bonds is 12. The highest BCUT2D eigenvalue weighted by molar-refractivity contribution is 6.29. The minimum atomic E-state index is -0.603. The van der Waals surface area contributed by atoms with Crippen LogP contribution >= 0.6 is 11.6 Å². The molecule has 6 rings (SSSR count). The first-order valence-corrected chi connectivity index (χ1v) is 20.3. The number of piperazine rings is 2. The van der Waals surface area contributed by atoms with E-state index in [2.05, 4.69) is 51.9 Å². The quantitative estimate of drug-likeness (QED) is 0.176. The molecule has 2 amide bonds. The van der Waals surface area contributed by atoms with Crippen molar-refractivity contribution in [3.63, 3.8) is 0 Å². The van der Waals surface area contributed by atoms with Crippen molar-refractivity contribution in [1.29, 1.82) is 0 Å². The maximum Gasteiger partial charge on any atom is 0.410 e. The van der Waals surface area contributed by atoms with Crippen molar-refractivity contribution in [1.82, 2.24) is 35.0 Å². The van der Waals surface area contributed by atoms with Gasteiger partial charge in [0.25, 0.3) is 0 Å². The Bertz CT molecular complexity index is 1840. The van der Waals surface area contributed by atoms with E-state index in [1.165, 1.54) is 18.5 Å². The first-order valence-electron chi connectivity index (χ1n) is 19.9. The molecule has 0 radical (unpaired) electrons. The van der Waals surface area contributed by atoms with Crippen molar-refractivity contribution in [2.45, 2.75) is 103 Å². The largest absolute Gasteiger partial charge is 0.478 e. The van der Waals surface area contributed by atoms with Gasteiger partial charge >= 0.3 is 6.09 Å². The molecule has 0 saturated carbocycles. The second kappa shape index (κ2) is 17.7. The fourth-order valence-electron chi connectivity index (χ4n) is 7.96. The number of ether oxygens (including phenoxy) is 2. The summed E-state index contributed by atoms with van der Waals surface area (Å²) in [4.78, 5) is 49.8. The van der Waals surface area contributed by atoms with Gasteiger partial charge in [0.2, 0.25) is 11.8 Å². The van der Waals surface area contributed by atoms with Crippen molar-refractivity contribution in [2.75, 3.05) is 63.9 Å². The van der Waals surface area contributed by atoms with Crippen LogP contribution in [-0.4, -0.2) is 124 Å². The standard InChI is InChI=1S/C42H58ClFN8O4/c1-28-21-45-15-16-49(28)23-33-24-51(40(54)56-41(3,4)5)29(2)22-50(33)25-38(53)52-26-42(6,7)39-35(52)19-31(18-30-11-13-32(44)14-12-30)34(48-39)10-8-9-17-55-37-20-36(43)46-27-47-37/h11-14,19-20,27-29,33,45H,8-10,15-18,21-26H2,1-7H3/t28-,29-,33+/m1/s1. The van der Waals surface area contributed by atoms with E-state index in [1.807, 2.05) is 37.5 Å². The number of fused-ring (bicyclic) bond motifs is 1. The number of pyridine rings is 1. The van der Waals surface area contributed by atoms with Crippen molar-refractivity contribution in [2.24, 2.45) is 0 Å². The molecule has 1 N–H and O–H groups in total. The molecule has 2 fully saturated rings. The van der Waals surface area contributed by atoms with Gasteiger partial charge in [0.05, 0.1) is 24.5 Å². The zero-order chi connectivity index (χ0) is 40.2. The molecule has 1 aromatic carbocycles. The molecule has 14 heteroatoms. The zero-order valence-corrected chi connectivity index (χ0v) is 34.7. The molecule has 3 atom stereocenters. The number of carbonyl (C=O) groups excluding carboxylic acids is 2. The van der Waals surface area contributed by atoms with Gasteiger partial charge in [-0.25, -0.2) is 19.2 Å². The van der Waals surface area contributed by atoms with E-state index >= 15 is 0 Å². The van der Waals surface area contributed by atoms with E-state index in [-0.39, 0.29) is 41.9 Å². The number of benzene rings is 1. The van der Waals surface area contributed by atoms with Gasteiger partial charge in [-0.1, -0.05) is 37.6 Å². The van der Waals surface area contributed by atoms with Gasteiger partial charge in [-0.3, -0.25) is 19.6 Å². The third-order valence-electron chi connectivity index (χ3n) is 10.9. The number of nitrogens with one attached hydrogen (secondary N) is 1. The maximum atomic E-state index is 14.6. The first kappa shape index (κ1) is 41.7. The van der Waals surface area contributed by atoms with Gasteiger partial charge in [0.15, 0.2) is 0 Å². The molecular formula is C42H58ClFN8O4. The number of amides is 2. The Kier molecular flexibility index (Phi) is 13.2. The number of aromatic nitrogens is 3. The summed E-state index contributed by atoms with van der Waals surface area (Å²) < 4.78 is 25.5. The predicted octanol–water partition coefficient (Wildman–Crippen LogP) is 5.88. The van der Waals surface area contributed by atoms with Gasteiger partial charge < -0.3 is 24.6 Å². The summed E-state index contributed by atoms with van der Waals surface area (Å²) in [7, 11) is 0. The van der Waals surface area contributed by atoms with Crippen LogP contribution in [0.3, 0.4) is 0 Å². The van der Waals surface area contributed by atoms with Crippen LogP contribution in [0.1, 0.15) is 83.8 Å². The molecule has 12 nitrogen and oxygen atoms in total. The molecule has 5 heterocycles. The number of hydrogen-bond donors (Lipinski definition) is 1. The van der Waals surface area contributed by atoms with Crippen LogP contribution in [0, 0.1) is 5.82 Å². The summed E-state index contributed by atoms with van der Waals surface area (Å²) in [5.41, 5.74) is 3.71. The third-order valence-corrected chi connectivity index (χ3v) is 11.1. The van der Waals surface area contributed by atoms with E-state index in [1.54, 1.807) is 18.2 Å². The lowest BCUT2D eigenvalue weighted by Gasteiger charge is -2.47. The smallest absolute Gasteiger partial charge is 0.410 e. The minimum absolute atomic E-state index is 0.0114. The monoisotopic (exact) mass is 792 g/mol. The minimum Gasteiger partial charge on any atom is -0.478 e. The van der Waals surface area contributed by atoms with Crippen molar-refractivity contribution >= 4 is 29.3 Å². The lowest BCUT2D eigenvalue weighted by Crippen LogP contribution is -2.65. The fraction of sp³-hybridized carbons (Fsp3) is 0.595. The molecule has 304 valence electrons. The molecule has 3 aromatic rings. The fourth-order valence-corrected chi connectivity index (χ4v) is 8.09. The van der Waals surface area contributed by atoms with Crippen LogP contribution in [0.25, 0.3) is 0 Å². The number of hydrogen-bond acceptors (Lipinski definition) is 10. The Balaban J connectivity index is 1.22. The Morgan fingerprint density at radius 2 is 1.80 bits per heavy atom. The Morgan fingerprint density at radius 3 is 2.52 bits per heavy atom. The number of carbonyl (C=O) groups is 2. The van der Waals surface area contributed by atoms with Gasteiger partial charge in [0, 0.05) is 81.1 Å². The summed E-state index contributed by atoms with van der Waals surface area (Å²) in [5, 5.41) is 3.80. The van der Waals surface area contributed by atoms with Crippen LogP contribution in [0.4, 0.5) is 14.9 Å².